The number of hydrogen-bond acceptors (Lipinski definition) is 2. The number of carboxylic acid groups (broad SMARTS) is 1. The molecule has 1 aromatic heterocycles. The molecule has 92 valence electrons. The molecule has 5 heteroatoms. The molecule has 0 unspecified atom stereocenters. The Bertz CT molecular complexity index is 579. The van der Waals surface area contributed by atoms with Crippen LogP contribution in [0.15, 0.2) is 36.4 Å². The highest BCUT2D eigenvalue weighted by atomic mass is 35.5. The summed E-state index contributed by atoms with van der Waals surface area (Å²) in [4.78, 5) is 14.5. The van der Waals surface area contributed by atoms with E-state index in [4.69, 9.17) is 28.3 Å². The van der Waals surface area contributed by atoms with Gasteiger partial charge >= 0.3 is 5.97 Å². The van der Waals surface area contributed by atoms with Gasteiger partial charge in [0.05, 0.1) is 6.42 Å². The van der Waals surface area contributed by atoms with Gasteiger partial charge in [-0.25, -0.2) is 4.98 Å². The van der Waals surface area contributed by atoms with E-state index >= 15 is 0 Å². The minimum absolute atomic E-state index is 0.0135. The van der Waals surface area contributed by atoms with Crippen LogP contribution in [0.25, 0.3) is 11.1 Å². The first-order valence-corrected chi connectivity index (χ1v) is 5.94. The lowest BCUT2D eigenvalue weighted by Crippen LogP contribution is -1.99. The lowest BCUT2D eigenvalue weighted by atomic mass is 10.0. The van der Waals surface area contributed by atoms with Gasteiger partial charge in [0.25, 0.3) is 0 Å². The van der Waals surface area contributed by atoms with Crippen LogP contribution in [0.2, 0.25) is 10.3 Å². The maximum atomic E-state index is 10.7. The van der Waals surface area contributed by atoms with Crippen LogP contribution >= 0.6 is 23.2 Å². The van der Waals surface area contributed by atoms with Gasteiger partial charge in [-0.1, -0.05) is 47.5 Å². The summed E-state index contributed by atoms with van der Waals surface area (Å²) in [6.07, 6.45) is -0.0135. The molecule has 0 saturated carbocycles. The quantitative estimate of drug-likeness (QED) is 0.873. The first kappa shape index (κ1) is 12.9. The van der Waals surface area contributed by atoms with Gasteiger partial charge in [-0.3, -0.25) is 4.79 Å². The number of carbonyl (C=O) groups is 1. The summed E-state index contributed by atoms with van der Waals surface area (Å²) in [5, 5.41) is 9.38. The molecule has 0 bridgehead atoms. The van der Waals surface area contributed by atoms with Gasteiger partial charge in [0, 0.05) is 0 Å². The number of carboxylic acids is 1. The van der Waals surface area contributed by atoms with Gasteiger partial charge in [0.15, 0.2) is 0 Å². The Kier molecular flexibility index (Phi) is 3.84. The summed E-state index contributed by atoms with van der Waals surface area (Å²) in [5.74, 6) is -0.863. The maximum absolute atomic E-state index is 10.7. The lowest BCUT2D eigenvalue weighted by molar-refractivity contribution is -0.136. The molecule has 0 aliphatic carbocycles. The first-order valence-electron chi connectivity index (χ1n) is 5.19. The Balaban J connectivity index is 2.41. The highest BCUT2D eigenvalue weighted by Gasteiger charge is 2.05. The minimum atomic E-state index is -0.863. The highest BCUT2D eigenvalue weighted by molar-refractivity contribution is 6.32. The third-order valence-electron chi connectivity index (χ3n) is 2.38. The normalized spacial score (nSPS) is 10.3. The van der Waals surface area contributed by atoms with Crippen LogP contribution < -0.4 is 0 Å². The average molecular weight is 282 g/mol. The fourth-order valence-corrected chi connectivity index (χ4v) is 2.13. The third-order valence-corrected chi connectivity index (χ3v) is 2.77. The average Bonchev–Trinajstić information content (AvgIpc) is 2.27. The highest BCUT2D eigenvalue weighted by Crippen LogP contribution is 2.25. The van der Waals surface area contributed by atoms with Gasteiger partial charge in [0.1, 0.15) is 10.3 Å². The van der Waals surface area contributed by atoms with E-state index in [-0.39, 0.29) is 6.42 Å². The molecule has 1 heterocycles. The molecular formula is C13H9Cl2NO2. The van der Waals surface area contributed by atoms with Gasteiger partial charge in [-0.05, 0) is 28.8 Å². The Morgan fingerprint density at radius 2 is 1.78 bits per heavy atom. The number of nitrogens with zero attached hydrogens (tertiary/aromatic N) is 1. The largest absolute Gasteiger partial charge is 0.481 e. The van der Waals surface area contributed by atoms with E-state index in [0.29, 0.717) is 10.3 Å². The number of rotatable bonds is 3. The van der Waals surface area contributed by atoms with Gasteiger partial charge in [-0.15, -0.1) is 0 Å². The topological polar surface area (TPSA) is 50.2 Å². The van der Waals surface area contributed by atoms with E-state index in [9.17, 15) is 4.79 Å². The maximum Gasteiger partial charge on any atom is 0.307 e. The van der Waals surface area contributed by atoms with Crippen LogP contribution in [-0.2, 0) is 11.2 Å². The summed E-state index contributed by atoms with van der Waals surface area (Å²) in [5.41, 5.74) is 2.40. The molecule has 1 aromatic carbocycles. The molecule has 18 heavy (non-hydrogen) atoms. The summed E-state index contributed by atoms with van der Waals surface area (Å²) in [6, 6.07) is 10.6. The second kappa shape index (κ2) is 5.38. The fourth-order valence-electron chi connectivity index (χ4n) is 1.67. The number of halogens is 2. The van der Waals surface area contributed by atoms with E-state index in [1.807, 2.05) is 6.07 Å². The molecule has 2 aromatic rings. The number of aromatic nitrogens is 1. The monoisotopic (exact) mass is 281 g/mol. The number of aliphatic carboxylic acids is 1. The van der Waals surface area contributed by atoms with Crippen LogP contribution in [0.5, 0.6) is 0 Å². The summed E-state index contributed by atoms with van der Waals surface area (Å²) < 4.78 is 0. The second-order valence-corrected chi connectivity index (χ2v) is 4.55. The summed E-state index contributed by atoms with van der Waals surface area (Å²) in [6.45, 7) is 0. The Hall–Kier alpha value is -1.58. The summed E-state index contributed by atoms with van der Waals surface area (Å²) in [7, 11) is 0. The van der Waals surface area contributed by atoms with Crippen molar-refractivity contribution in [1.82, 2.24) is 4.98 Å². The Morgan fingerprint density at radius 3 is 2.39 bits per heavy atom. The SMILES string of the molecule is O=C(O)Cc1cccc(-c2cc(Cl)nc(Cl)c2)c1. The van der Waals surface area contributed by atoms with Crippen molar-refractivity contribution >= 4 is 29.2 Å². The number of pyridine rings is 1. The van der Waals surface area contributed by atoms with Crippen molar-refractivity contribution in [2.45, 2.75) is 6.42 Å². The van der Waals surface area contributed by atoms with Crippen LogP contribution in [0.3, 0.4) is 0 Å². The smallest absolute Gasteiger partial charge is 0.307 e. The van der Waals surface area contributed by atoms with Crippen molar-refractivity contribution in [3.63, 3.8) is 0 Å². The minimum Gasteiger partial charge on any atom is -0.481 e. The summed E-state index contributed by atoms with van der Waals surface area (Å²) >= 11 is 11.7. The van der Waals surface area contributed by atoms with Crippen molar-refractivity contribution in [3.05, 3.63) is 52.3 Å². The molecule has 2 rings (SSSR count). The molecule has 0 saturated heterocycles. The van der Waals surface area contributed by atoms with Gasteiger partial charge in [0.2, 0.25) is 0 Å². The van der Waals surface area contributed by atoms with E-state index < -0.39 is 5.97 Å². The molecule has 0 spiro atoms. The fraction of sp³-hybridized carbons (Fsp3) is 0.0769. The van der Waals surface area contributed by atoms with Crippen LogP contribution in [0.4, 0.5) is 0 Å². The molecule has 0 atom stereocenters. The van der Waals surface area contributed by atoms with E-state index in [0.717, 1.165) is 16.7 Å². The molecule has 0 aliphatic heterocycles. The molecule has 1 N–H and O–H groups in total. The first-order chi connectivity index (χ1) is 8.54. The predicted molar refractivity (Wildman–Crippen MR) is 71.0 cm³/mol. The lowest BCUT2D eigenvalue weighted by Gasteiger charge is -2.05. The van der Waals surface area contributed by atoms with Crippen LogP contribution in [-0.4, -0.2) is 16.1 Å². The van der Waals surface area contributed by atoms with E-state index in [1.165, 1.54) is 0 Å². The van der Waals surface area contributed by atoms with E-state index in [1.54, 1.807) is 30.3 Å². The van der Waals surface area contributed by atoms with Crippen molar-refractivity contribution in [3.8, 4) is 11.1 Å². The van der Waals surface area contributed by atoms with E-state index in [2.05, 4.69) is 4.98 Å². The van der Waals surface area contributed by atoms with Crippen LogP contribution in [0, 0.1) is 0 Å². The zero-order valence-corrected chi connectivity index (χ0v) is 10.7. The molecule has 0 fully saturated rings. The van der Waals surface area contributed by atoms with Crippen molar-refractivity contribution in [2.75, 3.05) is 0 Å². The molecular weight excluding hydrogens is 273 g/mol. The third kappa shape index (κ3) is 3.22. The Morgan fingerprint density at radius 1 is 1.11 bits per heavy atom. The second-order valence-electron chi connectivity index (χ2n) is 3.77. The molecule has 0 aliphatic rings. The van der Waals surface area contributed by atoms with Gasteiger partial charge < -0.3 is 5.11 Å². The number of benzene rings is 1. The molecule has 0 amide bonds. The predicted octanol–water partition coefficient (Wildman–Crippen LogP) is 3.68. The standard InChI is InChI=1S/C13H9Cl2NO2/c14-11-6-10(7-12(15)16-11)9-3-1-2-8(4-9)5-13(17)18/h1-4,6-7H,5H2,(H,17,18). The van der Waals surface area contributed by atoms with Crippen molar-refractivity contribution < 1.29 is 9.90 Å². The molecule has 0 radical (unpaired) electrons. The number of hydrogen-bond donors (Lipinski definition) is 1. The van der Waals surface area contributed by atoms with Crippen molar-refractivity contribution in [2.24, 2.45) is 0 Å². The Labute approximate surface area is 114 Å². The van der Waals surface area contributed by atoms with Gasteiger partial charge in [-0.2, -0.15) is 0 Å². The zero-order valence-electron chi connectivity index (χ0n) is 9.23. The van der Waals surface area contributed by atoms with Crippen LogP contribution in [0.1, 0.15) is 5.56 Å². The molecule has 3 nitrogen and oxygen atoms in total. The zero-order chi connectivity index (χ0) is 13.1. The van der Waals surface area contributed by atoms with Crippen molar-refractivity contribution in [1.29, 1.82) is 0 Å².